The Balaban J connectivity index is 2.09. The molecule has 1 saturated carbocycles. The number of nitrogens with two attached hydrogens (primary N) is 1. The highest BCUT2D eigenvalue weighted by molar-refractivity contribution is 5.68. The van der Waals surface area contributed by atoms with Crippen LogP contribution in [0.3, 0.4) is 0 Å². The second-order valence-corrected chi connectivity index (χ2v) is 4.70. The minimum atomic E-state index is 0.358. The number of aromatic nitrogens is 1. The Morgan fingerprint density at radius 1 is 1.44 bits per heavy atom. The van der Waals surface area contributed by atoms with E-state index in [2.05, 4.69) is 15.2 Å². The lowest BCUT2D eigenvalue weighted by molar-refractivity contribution is 0.687. The Hall–Kier alpha value is -1.29. The van der Waals surface area contributed by atoms with Crippen molar-refractivity contribution in [2.45, 2.75) is 31.3 Å². The van der Waals surface area contributed by atoms with Crippen molar-refractivity contribution in [3.05, 3.63) is 18.5 Å². The molecular weight excluding hydrogens is 200 g/mol. The molecule has 2 rings (SSSR count). The van der Waals surface area contributed by atoms with Gasteiger partial charge in [-0.2, -0.15) is 0 Å². The molecule has 16 heavy (non-hydrogen) atoms. The van der Waals surface area contributed by atoms with Gasteiger partial charge in [-0.25, -0.2) is 0 Å². The first kappa shape index (κ1) is 11.2. The molecule has 88 valence electrons. The van der Waals surface area contributed by atoms with E-state index in [1.54, 1.807) is 0 Å². The number of rotatable bonds is 3. The van der Waals surface area contributed by atoms with Crippen LogP contribution in [0.5, 0.6) is 0 Å². The fourth-order valence-corrected chi connectivity index (χ4v) is 2.26. The predicted octanol–water partition coefficient (Wildman–Crippen LogP) is 1.44. The van der Waals surface area contributed by atoms with Gasteiger partial charge in [-0.3, -0.25) is 4.98 Å². The molecule has 2 atom stereocenters. The van der Waals surface area contributed by atoms with Crippen LogP contribution in [-0.2, 0) is 0 Å². The van der Waals surface area contributed by atoms with Gasteiger partial charge in [-0.15, -0.1) is 0 Å². The molecule has 1 aliphatic rings. The summed E-state index contributed by atoms with van der Waals surface area (Å²) in [5, 5.41) is 3.54. The quantitative estimate of drug-likeness (QED) is 0.809. The van der Waals surface area contributed by atoms with Gasteiger partial charge in [0, 0.05) is 32.4 Å². The lowest BCUT2D eigenvalue weighted by Gasteiger charge is -2.21. The molecule has 0 aromatic carbocycles. The lowest BCUT2D eigenvalue weighted by Crippen LogP contribution is -2.22. The van der Waals surface area contributed by atoms with E-state index in [9.17, 15) is 0 Å². The molecule has 1 aliphatic carbocycles. The van der Waals surface area contributed by atoms with Crippen LogP contribution in [0.25, 0.3) is 0 Å². The third-order valence-electron chi connectivity index (χ3n) is 3.11. The van der Waals surface area contributed by atoms with E-state index < -0.39 is 0 Å². The zero-order valence-corrected chi connectivity index (χ0v) is 9.98. The van der Waals surface area contributed by atoms with Crippen molar-refractivity contribution in [3.63, 3.8) is 0 Å². The molecule has 4 nitrogen and oxygen atoms in total. The standard InChI is InChI=1S/C12H20N4/c1-16(2)12-5-6-14-8-11(12)15-10-4-3-9(13)7-10/h5-6,8-10,15H,3-4,7,13H2,1-2H3. The molecular formula is C12H20N4. The fourth-order valence-electron chi connectivity index (χ4n) is 2.26. The number of pyridine rings is 1. The van der Waals surface area contributed by atoms with Crippen LogP contribution >= 0.6 is 0 Å². The average molecular weight is 220 g/mol. The molecule has 0 spiro atoms. The number of anilines is 2. The van der Waals surface area contributed by atoms with E-state index in [1.165, 1.54) is 5.69 Å². The molecule has 0 bridgehead atoms. The summed E-state index contributed by atoms with van der Waals surface area (Å²) in [7, 11) is 4.09. The van der Waals surface area contributed by atoms with Crippen LogP contribution in [0.15, 0.2) is 18.5 Å². The summed E-state index contributed by atoms with van der Waals surface area (Å²) in [5.41, 5.74) is 8.19. The molecule has 3 N–H and O–H groups in total. The molecule has 1 aromatic heterocycles. The third kappa shape index (κ3) is 2.44. The number of hydrogen-bond acceptors (Lipinski definition) is 4. The van der Waals surface area contributed by atoms with Crippen LogP contribution in [0.1, 0.15) is 19.3 Å². The maximum Gasteiger partial charge on any atom is 0.0766 e. The predicted molar refractivity (Wildman–Crippen MR) is 67.8 cm³/mol. The van der Waals surface area contributed by atoms with Crippen LogP contribution in [0, 0.1) is 0 Å². The normalized spacial score (nSPS) is 24.4. The van der Waals surface area contributed by atoms with Gasteiger partial charge in [0.05, 0.1) is 17.6 Å². The summed E-state index contributed by atoms with van der Waals surface area (Å²) in [6, 6.07) is 2.88. The molecule has 0 saturated heterocycles. The molecule has 1 fully saturated rings. The molecule has 0 amide bonds. The fraction of sp³-hybridized carbons (Fsp3) is 0.583. The summed E-state index contributed by atoms with van der Waals surface area (Å²) in [6.45, 7) is 0. The van der Waals surface area contributed by atoms with Crippen molar-refractivity contribution in [2.75, 3.05) is 24.3 Å². The summed E-state index contributed by atoms with van der Waals surface area (Å²) >= 11 is 0. The monoisotopic (exact) mass is 220 g/mol. The number of nitrogens with zero attached hydrogens (tertiary/aromatic N) is 2. The van der Waals surface area contributed by atoms with Crippen molar-refractivity contribution < 1.29 is 0 Å². The minimum absolute atomic E-state index is 0.358. The third-order valence-corrected chi connectivity index (χ3v) is 3.11. The maximum atomic E-state index is 5.91. The van der Waals surface area contributed by atoms with Crippen molar-refractivity contribution in [3.8, 4) is 0 Å². The molecule has 1 aromatic rings. The van der Waals surface area contributed by atoms with Gasteiger partial charge in [0.25, 0.3) is 0 Å². The zero-order chi connectivity index (χ0) is 11.5. The van der Waals surface area contributed by atoms with Gasteiger partial charge in [0.15, 0.2) is 0 Å². The highest BCUT2D eigenvalue weighted by Gasteiger charge is 2.22. The summed E-state index contributed by atoms with van der Waals surface area (Å²) in [5.74, 6) is 0. The summed E-state index contributed by atoms with van der Waals surface area (Å²) < 4.78 is 0. The number of nitrogens with one attached hydrogen (secondary N) is 1. The van der Waals surface area contributed by atoms with E-state index in [-0.39, 0.29) is 0 Å². The SMILES string of the molecule is CN(C)c1ccncc1NC1CCC(N)C1. The second-order valence-electron chi connectivity index (χ2n) is 4.70. The second kappa shape index (κ2) is 4.70. The van der Waals surface area contributed by atoms with Gasteiger partial charge in [0.2, 0.25) is 0 Å². The Morgan fingerprint density at radius 2 is 2.25 bits per heavy atom. The zero-order valence-electron chi connectivity index (χ0n) is 9.98. The van der Waals surface area contributed by atoms with Gasteiger partial charge in [-0.1, -0.05) is 0 Å². The maximum absolute atomic E-state index is 5.91. The van der Waals surface area contributed by atoms with E-state index in [1.807, 2.05) is 32.6 Å². The van der Waals surface area contributed by atoms with Crippen LogP contribution < -0.4 is 16.0 Å². The molecule has 4 heteroatoms. The molecule has 1 heterocycles. The van der Waals surface area contributed by atoms with E-state index >= 15 is 0 Å². The van der Waals surface area contributed by atoms with Crippen LogP contribution in [0.4, 0.5) is 11.4 Å². The van der Waals surface area contributed by atoms with E-state index in [0.29, 0.717) is 12.1 Å². The van der Waals surface area contributed by atoms with Gasteiger partial charge < -0.3 is 16.0 Å². The highest BCUT2D eigenvalue weighted by atomic mass is 15.1. The van der Waals surface area contributed by atoms with Crippen molar-refractivity contribution in [1.82, 2.24) is 4.98 Å². The Labute approximate surface area is 96.8 Å². The molecule has 0 radical (unpaired) electrons. The van der Waals surface area contributed by atoms with Crippen LogP contribution in [0.2, 0.25) is 0 Å². The number of hydrogen-bond donors (Lipinski definition) is 2. The first-order valence-corrected chi connectivity index (χ1v) is 5.80. The Kier molecular flexibility index (Phi) is 3.29. The van der Waals surface area contributed by atoms with Crippen LogP contribution in [-0.4, -0.2) is 31.2 Å². The van der Waals surface area contributed by atoms with Crippen molar-refractivity contribution in [1.29, 1.82) is 0 Å². The smallest absolute Gasteiger partial charge is 0.0766 e. The Morgan fingerprint density at radius 3 is 2.88 bits per heavy atom. The largest absolute Gasteiger partial charge is 0.379 e. The van der Waals surface area contributed by atoms with Gasteiger partial charge in [-0.05, 0) is 25.3 Å². The van der Waals surface area contributed by atoms with E-state index in [4.69, 9.17) is 5.73 Å². The minimum Gasteiger partial charge on any atom is -0.379 e. The Bertz CT molecular complexity index is 351. The first-order chi connectivity index (χ1) is 7.66. The summed E-state index contributed by atoms with van der Waals surface area (Å²) in [6.07, 6.45) is 7.04. The van der Waals surface area contributed by atoms with Crippen molar-refractivity contribution >= 4 is 11.4 Å². The average Bonchev–Trinajstić information content (AvgIpc) is 2.64. The lowest BCUT2D eigenvalue weighted by atomic mass is 10.2. The molecule has 0 aliphatic heterocycles. The van der Waals surface area contributed by atoms with Gasteiger partial charge in [0.1, 0.15) is 0 Å². The first-order valence-electron chi connectivity index (χ1n) is 5.80. The highest BCUT2D eigenvalue weighted by Crippen LogP contribution is 2.27. The van der Waals surface area contributed by atoms with Crippen molar-refractivity contribution in [2.24, 2.45) is 5.73 Å². The van der Waals surface area contributed by atoms with Gasteiger partial charge >= 0.3 is 0 Å². The topological polar surface area (TPSA) is 54.2 Å². The summed E-state index contributed by atoms with van der Waals surface area (Å²) in [4.78, 5) is 6.26. The molecule has 2 unspecified atom stereocenters. The van der Waals surface area contributed by atoms with E-state index in [0.717, 1.165) is 24.9 Å².